The van der Waals surface area contributed by atoms with Gasteiger partial charge in [-0.1, -0.05) is 101 Å². The largest absolute Gasteiger partial charge is 0.342 e. The molecule has 0 saturated heterocycles. The van der Waals surface area contributed by atoms with Crippen LogP contribution in [-0.2, 0) is 22.6 Å². The van der Waals surface area contributed by atoms with E-state index in [4.69, 9.17) is 0 Å². The summed E-state index contributed by atoms with van der Waals surface area (Å²) in [5.74, 6) is -0.670. The van der Waals surface area contributed by atoms with Crippen LogP contribution < -0.4 is 4.90 Å². The van der Waals surface area contributed by atoms with Crippen molar-refractivity contribution in [3.63, 3.8) is 0 Å². The molecule has 2 aromatic carbocycles. The lowest BCUT2D eigenvalue weighted by atomic mass is 9.90. The predicted molar refractivity (Wildman–Crippen MR) is 136 cm³/mol. The first kappa shape index (κ1) is 25.0. The van der Waals surface area contributed by atoms with E-state index < -0.39 is 5.92 Å². The van der Waals surface area contributed by atoms with Crippen LogP contribution in [0.5, 0.6) is 0 Å². The molecule has 1 aliphatic heterocycles. The zero-order chi connectivity index (χ0) is 23.5. The van der Waals surface area contributed by atoms with Crippen LogP contribution in [-0.4, -0.2) is 29.8 Å². The Morgan fingerprint density at radius 1 is 0.848 bits per heavy atom. The van der Waals surface area contributed by atoms with Crippen LogP contribution in [0.2, 0.25) is 0 Å². The van der Waals surface area contributed by atoms with Crippen molar-refractivity contribution in [2.24, 2.45) is 5.92 Å². The molecule has 4 nitrogen and oxygen atoms in total. The normalized spacial score (nSPS) is 15.4. The van der Waals surface area contributed by atoms with Gasteiger partial charge in [0.05, 0.1) is 6.54 Å². The lowest BCUT2D eigenvalue weighted by Crippen LogP contribution is -2.49. The number of benzene rings is 2. The molecular formula is C29H40N2O2. The molecule has 0 aliphatic carbocycles. The molecular weight excluding hydrogens is 408 g/mol. The first-order chi connectivity index (χ1) is 16.2. The van der Waals surface area contributed by atoms with Crippen molar-refractivity contribution >= 4 is 17.5 Å². The number of hydrogen-bond donors (Lipinski definition) is 0. The van der Waals surface area contributed by atoms with Crippen molar-refractivity contribution < 1.29 is 9.59 Å². The van der Waals surface area contributed by atoms with E-state index in [1.165, 1.54) is 25.7 Å². The zero-order valence-corrected chi connectivity index (χ0v) is 20.5. The second-order valence-corrected chi connectivity index (χ2v) is 9.24. The van der Waals surface area contributed by atoms with Crippen LogP contribution in [0.15, 0.2) is 54.6 Å². The van der Waals surface area contributed by atoms with Gasteiger partial charge in [0.15, 0.2) is 0 Å². The van der Waals surface area contributed by atoms with E-state index in [-0.39, 0.29) is 11.8 Å². The zero-order valence-electron chi connectivity index (χ0n) is 20.5. The van der Waals surface area contributed by atoms with Crippen molar-refractivity contribution in [1.82, 2.24) is 4.90 Å². The number of rotatable bonds is 13. The molecule has 0 radical (unpaired) electrons. The fourth-order valence-electron chi connectivity index (χ4n) is 4.69. The minimum absolute atomic E-state index is 0.0144. The van der Waals surface area contributed by atoms with Crippen molar-refractivity contribution in [2.75, 3.05) is 18.0 Å². The van der Waals surface area contributed by atoms with E-state index in [9.17, 15) is 9.59 Å². The number of para-hydroxylation sites is 1. The van der Waals surface area contributed by atoms with Gasteiger partial charge in [0.2, 0.25) is 11.8 Å². The van der Waals surface area contributed by atoms with Gasteiger partial charge < -0.3 is 9.80 Å². The van der Waals surface area contributed by atoms with Gasteiger partial charge in [0.25, 0.3) is 0 Å². The summed E-state index contributed by atoms with van der Waals surface area (Å²) >= 11 is 0. The highest BCUT2D eigenvalue weighted by Crippen LogP contribution is 2.33. The van der Waals surface area contributed by atoms with Crippen LogP contribution in [0.3, 0.4) is 0 Å². The Balaban J connectivity index is 1.79. The Hall–Kier alpha value is -2.62. The molecule has 0 aromatic heterocycles. The molecule has 33 heavy (non-hydrogen) atoms. The average Bonchev–Trinajstić information content (AvgIpc) is 2.85. The molecule has 2 aromatic rings. The summed E-state index contributed by atoms with van der Waals surface area (Å²) in [6.45, 7) is 6.41. The molecule has 178 valence electrons. The molecule has 0 spiro atoms. The van der Waals surface area contributed by atoms with Crippen LogP contribution in [0.1, 0.15) is 76.3 Å². The predicted octanol–water partition coefficient (Wildman–Crippen LogP) is 6.38. The molecule has 1 atom stereocenters. The van der Waals surface area contributed by atoms with Gasteiger partial charge in [0, 0.05) is 18.8 Å². The van der Waals surface area contributed by atoms with E-state index in [1.807, 2.05) is 58.3 Å². The summed E-state index contributed by atoms with van der Waals surface area (Å²) in [5.41, 5.74) is 3.10. The Morgan fingerprint density at radius 3 is 2.09 bits per heavy atom. The highest BCUT2D eigenvalue weighted by atomic mass is 16.2. The van der Waals surface area contributed by atoms with Gasteiger partial charge in [-0.3, -0.25) is 9.59 Å². The van der Waals surface area contributed by atoms with E-state index in [0.717, 1.165) is 55.6 Å². The second kappa shape index (κ2) is 13.2. The molecule has 3 rings (SSSR count). The second-order valence-electron chi connectivity index (χ2n) is 9.24. The number of fused-ring (bicyclic) bond motifs is 1. The van der Waals surface area contributed by atoms with Gasteiger partial charge in [-0.05, 0) is 36.5 Å². The molecule has 0 bridgehead atoms. The summed E-state index contributed by atoms with van der Waals surface area (Å²) < 4.78 is 0. The quantitative estimate of drug-likeness (QED) is 0.263. The van der Waals surface area contributed by atoms with E-state index in [2.05, 4.69) is 19.9 Å². The molecule has 1 aliphatic rings. The Labute approximate surface area is 200 Å². The number of hydrogen-bond acceptors (Lipinski definition) is 2. The minimum Gasteiger partial charge on any atom is -0.342 e. The highest BCUT2D eigenvalue weighted by Gasteiger charge is 2.39. The number of unbranched alkanes of at least 4 members (excludes halogenated alkanes) is 6. The third-order valence-electron chi connectivity index (χ3n) is 6.63. The van der Waals surface area contributed by atoms with Gasteiger partial charge in [-0.15, -0.1) is 0 Å². The number of amides is 2. The molecule has 0 N–H and O–H groups in total. The molecule has 1 heterocycles. The summed E-state index contributed by atoms with van der Waals surface area (Å²) in [6, 6.07) is 18.1. The third-order valence-corrected chi connectivity index (χ3v) is 6.63. The van der Waals surface area contributed by atoms with Gasteiger partial charge in [0.1, 0.15) is 5.92 Å². The maximum atomic E-state index is 13.7. The lowest BCUT2D eigenvalue weighted by Gasteiger charge is -2.36. The van der Waals surface area contributed by atoms with Gasteiger partial charge >= 0.3 is 0 Å². The fraction of sp³-hybridized carbons (Fsp3) is 0.517. The molecule has 0 saturated carbocycles. The first-order valence-electron chi connectivity index (χ1n) is 12.9. The maximum Gasteiger partial charge on any atom is 0.240 e. The van der Waals surface area contributed by atoms with Crippen LogP contribution >= 0.6 is 0 Å². The Morgan fingerprint density at radius 2 is 1.45 bits per heavy atom. The van der Waals surface area contributed by atoms with Gasteiger partial charge in [-0.2, -0.15) is 0 Å². The summed E-state index contributed by atoms with van der Waals surface area (Å²) in [6.07, 6.45) is 9.54. The third kappa shape index (κ3) is 6.93. The summed E-state index contributed by atoms with van der Waals surface area (Å²) in [7, 11) is 0. The number of anilines is 1. The van der Waals surface area contributed by atoms with Crippen LogP contribution in [0, 0.1) is 5.92 Å². The summed E-state index contributed by atoms with van der Waals surface area (Å²) in [5, 5.41) is 0. The number of carbonyl (C=O) groups is 2. The maximum absolute atomic E-state index is 13.7. The SMILES string of the molecule is CCCCCCN(CCCCCC)C(=O)C1Cc2ccccc2N(Cc2ccccc2)C1=O. The van der Waals surface area contributed by atoms with Gasteiger partial charge in [-0.25, -0.2) is 0 Å². The van der Waals surface area contributed by atoms with Crippen LogP contribution in [0.25, 0.3) is 0 Å². The van der Waals surface area contributed by atoms with Crippen molar-refractivity contribution in [3.05, 3.63) is 65.7 Å². The molecule has 0 fully saturated rings. The van der Waals surface area contributed by atoms with Crippen molar-refractivity contribution in [1.29, 1.82) is 0 Å². The first-order valence-corrected chi connectivity index (χ1v) is 12.9. The topological polar surface area (TPSA) is 40.6 Å². The smallest absolute Gasteiger partial charge is 0.240 e. The highest BCUT2D eigenvalue weighted by molar-refractivity contribution is 6.09. The summed E-state index contributed by atoms with van der Waals surface area (Å²) in [4.78, 5) is 31.2. The monoisotopic (exact) mass is 448 g/mol. The fourth-order valence-corrected chi connectivity index (χ4v) is 4.69. The van der Waals surface area contributed by atoms with E-state index in [1.54, 1.807) is 0 Å². The van der Waals surface area contributed by atoms with E-state index in [0.29, 0.717) is 13.0 Å². The molecule has 1 unspecified atom stereocenters. The lowest BCUT2D eigenvalue weighted by molar-refractivity contribution is -0.141. The van der Waals surface area contributed by atoms with Crippen molar-refractivity contribution in [3.8, 4) is 0 Å². The van der Waals surface area contributed by atoms with Crippen LogP contribution in [0.4, 0.5) is 5.69 Å². The van der Waals surface area contributed by atoms with Crippen molar-refractivity contribution in [2.45, 2.75) is 78.2 Å². The Bertz CT molecular complexity index is 868. The Kier molecular flexibility index (Phi) is 9.99. The standard InChI is InChI=1S/C29H40N2O2/c1-3-5-7-14-20-30(21-15-8-6-4-2)28(32)26-22-25-18-12-13-19-27(25)31(29(26)33)23-24-16-10-9-11-17-24/h9-13,16-19,26H,3-8,14-15,20-23H2,1-2H3. The molecule has 2 amide bonds. The number of carbonyl (C=O) groups excluding carboxylic acids is 2. The van der Waals surface area contributed by atoms with E-state index >= 15 is 0 Å². The average molecular weight is 449 g/mol. The minimum atomic E-state index is -0.624. The molecule has 4 heteroatoms. The number of nitrogens with zero attached hydrogens (tertiary/aromatic N) is 2.